The van der Waals surface area contributed by atoms with Crippen LogP contribution in [-0.4, -0.2) is 0 Å². The Morgan fingerprint density at radius 3 is 1.73 bits per heavy atom. The molecular weight excluding hydrogens is 625 g/mol. The molecule has 4 aromatic carbocycles. The molecule has 0 aromatic heterocycles. The first-order valence-electron chi connectivity index (χ1n) is 20.4. The van der Waals surface area contributed by atoms with Crippen molar-refractivity contribution in [1.82, 2.24) is 0 Å². The maximum atomic E-state index is 2.72. The van der Waals surface area contributed by atoms with Gasteiger partial charge in [-0.2, -0.15) is 0 Å². The first-order valence-corrected chi connectivity index (χ1v) is 20.4. The van der Waals surface area contributed by atoms with Crippen LogP contribution < -0.4 is 10.4 Å². The number of hydrogen-bond acceptors (Lipinski definition) is 0. The van der Waals surface area contributed by atoms with E-state index in [1.165, 1.54) is 109 Å². The van der Waals surface area contributed by atoms with Gasteiger partial charge in [0, 0.05) is 5.92 Å². The maximum Gasteiger partial charge on any atom is 0.000197 e. The van der Waals surface area contributed by atoms with Crippen LogP contribution in [0, 0.1) is 59.8 Å². The summed E-state index contributed by atoms with van der Waals surface area (Å²) in [5, 5.41) is 5.59. The second kappa shape index (κ2) is 12.1. The summed E-state index contributed by atoms with van der Waals surface area (Å²) in [5.74, 6) is 4.85. The molecule has 266 valence electrons. The molecule has 4 fully saturated rings. The quantitative estimate of drug-likeness (QED) is 0.177. The molecule has 1 atom stereocenters. The van der Waals surface area contributed by atoms with E-state index in [2.05, 4.69) is 153 Å². The van der Waals surface area contributed by atoms with E-state index in [-0.39, 0.29) is 10.8 Å². The standard InChI is InChI=1S/C52H58/c1-30-10-14-35(15-11-30)48(36-16-12-31(2)13-17-36)50-46(52(7,8)9)29-44-43-28-41(51(4,5)6)19-18-37(43)26-45(44)49(50)42-27-38(20-32(42)3)47-39-22-33-21-34(24-39)25-40(47)23-33/h10-20,26-29,32-34,39-40,47H,21-25H2,1-9H3. The average molecular weight is 683 g/mol. The van der Waals surface area contributed by atoms with Crippen molar-refractivity contribution in [2.45, 2.75) is 105 Å². The first kappa shape index (κ1) is 33.9. The van der Waals surface area contributed by atoms with Crippen molar-refractivity contribution < 1.29 is 0 Å². The van der Waals surface area contributed by atoms with Gasteiger partial charge in [-0.15, -0.1) is 0 Å². The van der Waals surface area contributed by atoms with Gasteiger partial charge in [0.2, 0.25) is 0 Å². The van der Waals surface area contributed by atoms with E-state index < -0.39 is 0 Å². The molecule has 0 nitrogen and oxygen atoms in total. The average Bonchev–Trinajstić information content (AvgIpc) is 3.64. The highest BCUT2D eigenvalue weighted by Crippen LogP contribution is 2.59. The van der Waals surface area contributed by atoms with Gasteiger partial charge in [0.15, 0.2) is 0 Å². The van der Waals surface area contributed by atoms with Gasteiger partial charge in [0.1, 0.15) is 0 Å². The molecule has 1 unspecified atom stereocenters. The van der Waals surface area contributed by atoms with Crippen molar-refractivity contribution in [3.05, 3.63) is 156 Å². The lowest BCUT2D eigenvalue weighted by atomic mass is 9.50. The van der Waals surface area contributed by atoms with Crippen LogP contribution in [0.1, 0.15) is 125 Å². The monoisotopic (exact) mass is 682 g/mol. The normalized spacial score (nSPS) is 25.8. The Labute approximate surface area is 312 Å². The minimum absolute atomic E-state index is 0.0791. The summed E-state index contributed by atoms with van der Waals surface area (Å²) in [6.07, 6.45) is 15.3. The van der Waals surface area contributed by atoms with Crippen LogP contribution in [0.5, 0.6) is 0 Å². The topological polar surface area (TPSA) is 0 Å². The van der Waals surface area contributed by atoms with E-state index in [9.17, 15) is 0 Å². The van der Waals surface area contributed by atoms with Gasteiger partial charge in [-0.1, -0.05) is 138 Å². The number of rotatable bonds is 4. The zero-order valence-corrected chi connectivity index (χ0v) is 33.2. The molecule has 4 bridgehead atoms. The molecule has 0 N–H and O–H groups in total. The summed E-state index contributed by atoms with van der Waals surface area (Å²) in [6, 6.07) is 28.5. The van der Waals surface area contributed by atoms with Crippen molar-refractivity contribution in [1.29, 1.82) is 0 Å². The summed E-state index contributed by atoms with van der Waals surface area (Å²) in [4.78, 5) is 0. The van der Waals surface area contributed by atoms with Gasteiger partial charge >= 0.3 is 0 Å². The summed E-state index contributed by atoms with van der Waals surface area (Å²) >= 11 is 0. The lowest BCUT2D eigenvalue weighted by molar-refractivity contribution is -0.0194. The zero-order chi connectivity index (χ0) is 36.3. The lowest BCUT2D eigenvalue weighted by Crippen LogP contribution is -2.45. The highest BCUT2D eigenvalue weighted by molar-refractivity contribution is 5.89. The highest BCUT2D eigenvalue weighted by atomic mass is 14.5. The molecule has 0 saturated heterocycles. The van der Waals surface area contributed by atoms with Crippen molar-refractivity contribution in [3.63, 3.8) is 0 Å². The van der Waals surface area contributed by atoms with Crippen LogP contribution in [0.3, 0.4) is 0 Å². The van der Waals surface area contributed by atoms with E-state index in [1.807, 2.05) is 0 Å². The summed E-state index contributed by atoms with van der Waals surface area (Å²) in [5.41, 5.74) is 15.5. The second-order valence-electron chi connectivity index (χ2n) is 19.7. The summed E-state index contributed by atoms with van der Waals surface area (Å²) in [7, 11) is 0. The minimum Gasteiger partial charge on any atom is -0.0737 e. The van der Waals surface area contributed by atoms with Crippen LogP contribution in [0.4, 0.5) is 0 Å². The van der Waals surface area contributed by atoms with E-state index in [0.717, 1.165) is 29.6 Å². The summed E-state index contributed by atoms with van der Waals surface area (Å²) in [6.45, 7) is 21.2. The fourth-order valence-corrected chi connectivity index (χ4v) is 11.4. The van der Waals surface area contributed by atoms with Gasteiger partial charge in [-0.25, -0.2) is 0 Å². The lowest BCUT2D eigenvalue weighted by Gasteiger charge is -2.54. The molecule has 6 aliphatic rings. The van der Waals surface area contributed by atoms with Gasteiger partial charge in [-0.05, 0) is 169 Å². The smallest absolute Gasteiger partial charge is 0.000197 e. The van der Waals surface area contributed by atoms with Crippen LogP contribution in [-0.2, 0) is 10.8 Å². The van der Waals surface area contributed by atoms with Gasteiger partial charge < -0.3 is 0 Å². The van der Waals surface area contributed by atoms with Crippen LogP contribution in [0.25, 0.3) is 17.2 Å². The molecule has 0 radical (unpaired) electrons. The van der Waals surface area contributed by atoms with E-state index in [1.54, 1.807) is 5.57 Å². The van der Waals surface area contributed by atoms with Gasteiger partial charge in [0.25, 0.3) is 0 Å². The maximum absolute atomic E-state index is 2.72. The number of aryl methyl sites for hydroxylation is 2. The zero-order valence-electron chi connectivity index (χ0n) is 33.2. The number of allylic oxidation sites excluding steroid dienone is 4. The van der Waals surface area contributed by atoms with Crippen molar-refractivity contribution in [3.8, 4) is 0 Å². The Kier molecular flexibility index (Phi) is 7.86. The first-order chi connectivity index (χ1) is 24.7. The predicted octanol–water partition coefficient (Wildman–Crippen LogP) is 11.6. The highest BCUT2D eigenvalue weighted by Gasteiger charge is 2.49. The Balaban J connectivity index is 1.41. The molecule has 52 heavy (non-hydrogen) atoms. The molecule has 6 aliphatic carbocycles. The fourth-order valence-electron chi connectivity index (χ4n) is 11.4. The predicted molar refractivity (Wildman–Crippen MR) is 221 cm³/mol. The van der Waals surface area contributed by atoms with Gasteiger partial charge in [0.05, 0.1) is 0 Å². The van der Waals surface area contributed by atoms with Crippen LogP contribution >= 0.6 is 0 Å². The molecule has 0 heterocycles. The van der Waals surface area contributed by atoms with E-state index in [0.29, 0.717) is 5.92 Å². The Hall–Kier alpha value is -3.90. The summed E-state index contributed by atoms with van der Waals surface area (Å²) < 4.78 is 0. The Morgan fingerprint density at radius 1 is 0.615 bits per heavy atom. The molecular formula is C52H58. The Bertz CT molecular complexity index is 2300. The number of hydrogen-bond donors (Lipinski definition) is 0. The third kappa shape index (κ3) is 5.63. The molecule has 0 aliphatic heterocycles. The van der Waals surface area contributed by atoms with Crippen molar-refractivity contribution in [2.24, 2.45) is 35.5 Å². The van der Waals surface area contributed by atoms with Crippen molar-refractivity contribution >= 4 is 17.2 Å². The third-order valence-corrected chi connectivity index (χ3v) is 13.8. The number of benzene rings is 4. The molecule has 4 aromatic rings. The minimum atomic E-state index is -0.0791. The van der Waals surface area contributed by atoms with E-state index >= 15 is 0 Å². The van der Waals surface area contributed by atoms with Crippen LogP contribution in [0.2, 0.25) is 0 Å². The van der Waals surface area contributed by atoms with Crippen molar-refractivity contribution in [2.75, 3.05) is 0 Å². The van der Waals surface area contributed by atoms with Gasteiger partial charge in [-0.3, -0.25) is 0 Å². The third-order valence-electron chi connectivity index (χ3n) is 13.8. The second-order valence-corrected chi connectivity index (χ2v) is 19.7. The molecule has 0 spiro atoms. The Morgan fingerprint density at radius 2 is 1.19 bits per heavy atom. The number of fused-ring (bicyclic) bond motifs is 2. The molecule has 0 amide bonds. The molecule has 10 rings (SSSR count). The van der Waals surface area contributed by atoms with Crippen LogP contribution in [0.15, 0.2) is 90.5 Å². The fraction of sp³-hybridized carbons (Fsp3) is 0.423. The van der Waals surface area contributed by atoms with E-state index in [4.69, 9.17) is 0 Å². The molecule has 4 saturated carbocycles. The largest absolute Gasteiger partial charge is 0.0737 e. The molecule has 0 heteroatoms. The SMILES string of the molecule is Cc1ccc(C(c2ccc(C)cc2)=c2c(C(C)(C)C)cc3c(c2C2=CC(C4C5CC6CC(C5)CC4C6)=CC2C)C=c2ccc(C(C)(C)C)cc2=3)cc1.